The molecule has 0 spiro atoms. The van der Waals surface area contributed by atoms with Gasteiger partial charge in [-0.3, -0.25) is 4.79 Å². The van der Waals surface area contributed by atoms with Gasteiger partial charge < -0.3 is 19.6 Å². The number of hydrogen-bond acceptors (Lipinski definition) is 7. The molecule has 2 aromatic heterocycles. The average molecular weight is 455 g/mol. The van der Waals surface area contributed by atoms with E-state index in [0.717, 1.165) is 11.3 Å². The minimum atomic E-state index is -0.499. The monoisotopic (exact) mass is 454 g/mol. The number of H-pyrrole nitrogens is 1. The molecule has 29 heavy (non-hydrogen) atoms. The van der Waals surface area contributed by atoms with Crippen LogP contribution in [0.25, 0.3) is 21.3 Å². The number of esters is 1. The average Bonchev–Trinajstić information content (AvgIpc) is 3.01. The maximum Gasteiger partial charge on any atom is 0.348 e. The van der Waals surface area contributed by atoms with Crippen molar-refractivity contribution in [3.63, 3.8) is 0 Å². The van der Waals surface area contributed by atoms with Gasteiger partial charge in [0.2, 0.25) is 0 Å². The number of phenols is 1. The summed E-state index contributed by atoms with van der Waals surface area (Å²) in [6, 6.07) is 3.03. The van der Waals surface area contributed by atoms with Crippen molar-refractivity contribution in [2.24, 2.45) is 0 Å². The first kappa shape index (κ1) is 21.2. The van der Waals surface area contributed by atoms with Crippen LogP contribution in [0.1, 0.15) is 33.5 Å². The molecule has 0 bridgehead atoms. The van der Waals surface area contributed by atoms with E-state index in [1.165, 1.54) is 25.3 Å². The Morgan fingerprint density at radius 3 is 2.79 bits per heavy atom. The van der Waals surface area contributed by atoms with Gasteiger partial charge in [0, 0.05) is 0 Å². The van der Waals surface area contributed by atoms with Crippen molar-refractivity contribution in [1.29, 1.82) is 0 Å². The lowest BCUT2D eigenvalue weighted by molar-refractivity contribution is 0.0531. The fraction of sp³-hybridized carbons (Fsp3) is 0.211. The fourth-order valence-electron chi connectivity index (χ4n) is 2.70. The molecule has 0 fully saturated rings. The number of aromatic hydroxyl groups is 1. The summed E-state index contributed by atoms with van der Waals surface area (Å²) in [5.74, 6) is -0.376. The third-order valence-corrected chi connectivity index (χ3v) is 5.79. The molecule has 3 aromatic rings. The summed E-state index contributed by atoms with van der Waals surface area (Å²) in [5.41, 5.74) is 0.632. The smallest absolute Gasteiger partial charge is 0.348 e. The van der Waals surface area contributed by atoms with Crippen LogP contribution in [0.2, 0.25) is 5.02 Å². The van der Waals surface area contributed by atoms with Crippen LogP contribution in [0.3, 0.4) is 0 Å². The van der Waals surface area contributed by atoms with Gasteiger partial charge in [-0.15, -0.1) is 11.3 Å². The second-order valence-corrected chi connectivity index (χ2v) is 7.73. The number of methoxy groups -OCH3 is 1. The van der Waals surface area contributed by atoms with Gasteiger partial charge in [0.25, 0.3) is 5.56 Å². The highest BCUT2D eigenvalue weighted by Gasteiger charge is 2.20. The van der Waals surface area contributed by atoms with Crippen molar-refractivity contribution >= 4 is 61.8 Å². The third-order valence-electron chi connectivity index (χ3n) is 4.05. The van der Waals surface area contributed by atoms with E-state index < -0.39 is 11.5 Å². The van der Waals surface area contributed by atoms with E-state index >= 15 is 0 Å². The number of nitrogens with zero attached hydrogens (tertiary/aromatic N) is 1. The number of nitrogens with one attached hydrogen (secondary N) is 1. The molecule has 2 heterocycles. The molecule has 0 saturated carbocycles. The van der Waals surface area contributed by atoms with Crippen LogP contribution < -0.4 is 10.3 Å². The van der Waals surface area contributed by atoms with Gasteiger partial charge in [-0.2, -0.15) is 0 Å². The zero-order chi connectivity index (χ0) is 21.3. The zero-order valence-corrected chi connectivity index (χ0v) is 18.0. The number of aromatic amines is 1. The van der Waals surface area contributed by atoms with Crippen LogP contribution in [-0.4, -0.2) is 34.8 Å². The Hall–Kier alpha value is -2.55. The predicted octanol–water partition coefficient (Wildman–Crippen LogP) is 4.57. The largest absolute Gasteiger partial charge is 0.503 e. The van der Waals surface area contributed by atoms with Crippen LogP contribution in [-0.2, 0) is 4.74 Å². The van der Waals surface area contributed by atoms with Crippen LogP contribution >= 0.6 is 34.5 Å². The standard InChI is InChI=1S/C19H16Cl2N2O5S/c1-4-28-19(26)15-8(2)13-17(25)22-16(23-18(13)29-15)11(21)6-9-5-10(20)14(24)12(7-9)27-3/h5-7,24H,4H2,1-3H3,(H,22,23,25)/b11-6-. The highest BCUT2D eigenvalue weighted by Crippen LogP contribution is 2.36. The predicted molar refractivity (Wildman–Crippen MR) is 114 cm³/mol. The van der Waals surface area contributed by atoms with E-state index in [1.54, 1.807) is 13.8 Å². The van der Waals surface area contributed by atoms with Crippen LogP contribution in [0, 0.1) is 6.92 Å². The van der Waals surface area contributed by atoms with E-state index in [2.05, 4.69) is 9.97 Å². The molecular weight excluding hydrogens is 439 g/mol. The number of fused-ring (bicyclic) bond motifs is 1. The fourth-order valence-corrected chi connectivity index (χ4v) is 4.21. The van der Waals surface area contributed by atoms with Crippen molar-refractivity contribution in [3.8, 4) is 11.5 Å². The first-order valence-corrected chi connectivity index (χ1v) is 9.98. The molecule has 0 atom stereocenters. The molecule has 2 N–H and O–H groups in total. The minimum absolute atomic E-state index is 0.0879. The van der Waals surface area contributed by atoms with Crippen molar-refractivity contribution in [2.45, 2.75) is 13.8 Å². The number of aromatic nitrogens is 2. The summed E-state index contributed by atoms with van der Waals surface area (Å²) in [7, 11) is 1.40. The van der Waals surface area contributed by atoms with Crippen molar-refractivity contribution < 1.29 is 19.4 Å². The Balaban J connectivity index is 2.08. The lowest BCUT2D eigenvalue weighted by Gasteiger charge is -2.07. The SMILES string of the molecule is CCOC(=O)c1sc2nc(/C(Cl)=C/c3cc(Cl)c(O)c(OC)c3)[nH]c(=O)c2c1C. The summed E-state index contributed by atoms with van der Waals surface area (Å²) in [6.07, 6.45) is 1.52. The van der Waals surface area contributed by atoms with E-state index in [1.807, 2.05) is 0 Å². The Kier molecular flexibility index (Phi) is 6.16. The third kappa shape index (κ3) is 4.10. The number of hydrogen-bond donors (Lipinski definition) is 2. The molecule has 1 aromatic carbocycles. The van der Waals surface area contributed by atoms with Gasteiger partial charge >= 0.3 is 5.97 Å². The molecule has 0 aliphatic rings. The maximum absolute atomic E-state index is 12.6. The number of carbonyl (C=O) groups excluding carboxylic acids is 1. The maximum atomic E-state index is 12.6. The quantitative estimate of drug-likeness (QED) is 0.547. The van der Waals surface area contributed by atoms with Gasteiger partial charge in [-0.25, -0.2) is 9.78 Å². The molecule has 0 radical (unpaired) electrons. The number of ether oxygens (including phenoxy) is 2. The number of phenolic OH excluding ortho intramolecular Hbond substituents is 1. The lowest BCUT2D eigenvalue weighted by atomic mass is 10.2. The molecule has 0 saturated heterocycles. The van der Waals surface area contributed by atoms with Gasteiger partial charge in [0.1, 0.15) is 9.71 Å². The number of halogens is 2. The summed E-state index contributed by atoms with van der Waals surface area (Å²) in [4.78, 5) is 32.4. The normalized spacial score (nSPS) is 11.7. The number of carbonyl (C=O) groups is 1. The molecular formula is C19H16Cl2N2O5S. The van der Waals surface area contributed by atoms with E-state index in [9.17, 15) is 14.7 Å². The Labute approximate surface area is 179 Å². The molecule has 0 aliphatic carbocycles. The number of aryl methyl sites for hydroxylation is 1. The van der Waals surface area contributed by atoms with E-state index in [0.29, 0.717) is 26.2 Å². The van der Waals surface area contributed by atoms with Crippen LogP contribution in [0.15, 0.2) is 16.9 Å². The van der Waals surface area contributed by atoms with Crippen molar-refractivity contribution in [1.82, 2.24) is 9.97 Å². The Morgan fingerprint density at radius 2 is 2.14 bits per heavy atom. The van der Waals surface area contributed by atoms with Gasteiger partial charge in [-0.1, -0.05) is 23.2 Å². The second kappa shape index (κ2) is 8.44. The molecule has 0 amide bonds. The molecule has 0 unspecified atom stereocenters. The lowest BCUT2D eigenvalue weighted by Crippen LogP contribution is -2.11. The minimum Gasteiger partial charge on any atom is -0.503 e. The first-order chi connectivity index (χ1) is 13.8. The summed E-state index contributed by atoms with van der Waals surface area (Å²) in [6.45, 7) is 3.61. The number of rotatable bonds is 5. The summed E-state index contributed by atoms with van der Waals surface area (Å²) in [5, 5.41) is 10.4. The van der Waals surface area contributed by atoms with Crippen LogP contribution in [0.5, 0.6) is 11.5 Å². The van der Waals surface area contributed by atoms with Gasteiger partial charge in [0.05, 0.1) is 29.2 Å². The van der Waals surface area contributed by atoms with Crippen molar-refractivity contribution in [3.05, 3.63) is 49.3 Å². The van der Waals surface area contributed by atoms with Gasteiger partial charge in [-0.05, 0) is 43.2 Å². The summed E-state index contributed by atoms with van der Waals surface area (Å²) >= 11 is 13.4. The first-order valence-electron chi connectivity index (χ1n) is 8.41. The Bertz CT molecular complexity index is 1200. The molecule has 152 valence electrons. The Morgan fingerprint density at radius 1 is 1.41 bits per heavy atom. The summed E-state index contributed by atoms with van der Waals surface area (Å²) < 4.78 is 10.1. The molecule has 7 nitrogen and oxygen atoms in total. The van der Waals surface area contributed by atoms with Crippen LogP contribution in [0.4, 0.5) is 0 Å². The second-order valence-electron chi connectivity index (χ2n) is 5.92. The van der Waals surface area contributed by atoms with E-state index in [4.69, 9.17) is 32.7 Å². The molecule has 3 rings (SSSR count). The topological polar surface area (TPSA) is 102 Å². The van der Waals surface area contributed by atoms with Gasteiger partial charge in [0.15, 0.2) is 17.3 Å². The highest BCUT2D eigenvalue weighted by molar-refractivity contribution is 7.20. The number of thiophene rings is 1. The molecule has 10 heteroatoms. The van der Waals surface area contributed by atoms with Crippen molar-refractivity contribution in [2.75, 3.05) is 13.7 Å². The number of benzene rings is 1. The zero-order valence-electron chi connectivity index (χ0n) is 15.6. The van der Waals surface area contributed by atoms with E-state index in [-0.39, 0.29) is 34.0 Å². The highest BCUT2D eigenvalue weighted by atomic mass is 35.5. The molecule has 0 aliphatic heterocycles.